The molecule has 33 heavy (non-hydrogen) atoms. The van der Waals surface area contributed by atoms with E-state index in [0.717, 1.165) is 11.4 Å². The quantitative estimate of drug-likeness (QED) is 0.621. The molecule has 1 saturated heterocycles. The van der Waals surface area contributed by atoms with Gasteiger partial charge >= 0.3 is 11.9 Å². The number of anilines is 1. The highest BCUT2D eigenvalue weighted by atomic mass is 16.4. The molecule has 1 aliphatic rings. The average Bonchev–Trinajstić information content (AvgIpc) is 3.15. The van der Waals surface area contributed by atoms with Crippen molar-refractivity contribution in [3.8, 4) is 5.69 Å². The number of aromatic carboxylic acids is 2. The van der Waals surface area contributed by atoms with Gasteiger partial charge in [-0.1, -0.05) is 12.1 Å². The van der Waals surface area contributed by atoms with Crippen molar-refractivity contribution in [2.45, 2.75) is 13.8 Å². The summed E-state index contributed by atoms with van der Waals surface area (Å²) in [5, 5.41) is 19.1. The lowest BCUT2D eigenvalue weighted by molar-refractivity contribution is 0.0686. The number of carbonyl (C=O) groups is 3. The average molecular weight is 447 g/mol. The number of piperazine rings is 1. The van der Waals surface area contributed by atoms with E-state index in [4.69, 9.17) is 0 Å². The summed E-state index contributed by atoms with van der Waals surface area (Å²) in [5.41, 5.74) is 3.65. The predicted molar refractivity (Wildman–Crippen MR) is 124 cm³/mol. The number of carboxylic acids is 2. The number of hydrogen-bond acceptors (Lipinski definition) is 4. The highest BCUT2D eigenvalue weighted by Gasteiger charge is 2.26. The van der Waals surface area contributed by atoms with E-state index in [-0.39, 0.29) is 17.0 Å². The monoisotopic (exact) mass is 447 g/mol. The summed E-state index contributed by atoms with van der Waals surface area (Å²) in [5.74, 6) is -2.21. The molecule has 1 aliphatic heterocycles. The van der Waals surface area contributed by atoms with E-state index in [1.54, 1.807) is 41.3 Å². The van der Waals surface area contributed by atoms with Gasteiger partial charge in [-0.25, -0.2) is 9.59 Å². The molecular weight excluding hydrogens is 422 g/mol. The van der Waals surface area contributed by atoms with Gasteiger partial charge in [-0.3, -0.25) is 4.79 Å². The molecule has 1 fully saturated rings. The molecule has 2 N–H and O–H groups in total. The number of rotatable bonds is 5. The standard InChI is InChI=1S/C25H25N3O5/c1-16-7-8-17(2)28(16)22-15-18(9-10-20(22)25(32)33)23(29)27-13-11-26(12-14-27)21-6-4-3-5-19(21)24(30)31/h3-10,15H,11-14H2,1-2H3,(H,30,31)(H,32,33). The zero-order valence-corrected chi connectivity index (χ0v) is 18.5. The minimum absolute atomic E-state index is 0.129. The first kappa shape index (κ1) is 22.1. The minimum atomic E-state index is -1.05. The molecule has 8 nitrogen and oxygen atoms in total. The first-order valence-corrected chi connectivity index (χ1v) is 10.7. The van der Waals surface area contributed by atoms with Crippen LogP contribution in [-0.4, -0.2) is 63.7 Å². The van der Waals surface area contributed by atoms with Crippen molar-refractivity contribution in [2.75, 3.05) is 31.1 Å². The first-order chi connectivity index (χ1) is 15.8. The first-order valence-electron chi connectivity index (χ1n) is 10.7. The molecule has 0 bridgehead atoms. The number of aromatic nitrogens is 1. The highest BCUT2D eigenvalue weighted by Crippen LogP contribution is 2.25. The summed E-state index contributed by atoms with van der Waals surface area (Å²) in [6, 6.07) is 15.3. The molecule has 3 aromatic rings. The van der Waals surface area contributed by atoms with Crippen molar-refractivity contribution in [3.63, 3.8) is 0 Å². The van der Waals surface area contributed by atoms with E-state index in [2.05, 4.69) is 0 Å². The Morgan fingerprint density at radius 3 is 1.91 bits per heavy atom. The zero-order valence-electron chi connectivity index (χ0n) is 18.5. The highest BCUT2D eigenvalue weighted by molar-refractivity contribution is 5.99. The van der Waals surface area contributed by atoms with Gasteiger partial charge in [0.1, 0.15) is 0 Å². The van der Waals surface area contributed by atoms with Gasteiger partial charge < -0.3 is 24.6 Å². The maximum Gasteiger partial charge on any atom is 0.337 e. The van der Waals surface area contributed by atoms with Crippen molar-refractivity contribution in [3.05, 3.63) is 82.7 Å². The summed E-state index contributed by atoms with van der Waals surface area (Å²) in [4.78, 5) is 40.3. The van der Waals surface area contributed by atoms with Gasteiger partial charge in [0.15, 0.2) is 0 Å². The van der Waals surface area contributed by atoms with Crippen LogP contribution in [0.5, 0.6) is 0 Å². The Morgan fingerprint density at radius 1 is 0.727 bits per heavy atom. The van der Waals surface area contributed by atoms with Crippen molar-refractivity contribution in [1.29, 1.82) is 0 Å². The summed E-state index contributed by atoms with van der Waals surface area (Å²) >= 11 is 0. The van der Waals surface area contributed by atoms with E-state index < -0.39 is 11.9 Å². The molecule has 2 aromatic carbocycles. The number of carboxylic acid groups (broad SMARTS) is 2. The number of hydrogen-bond donors (Lipinski definition) is 2. The van der Waals surface area contributed by atoms with Gasteiger partial charge in [0.25, 0.3) is 5.91 Å². The van der Waals surface area contributed by atoms with E-state index in [9.17, 15) is 24.6 Å². The summed E-state index contributed by atoms with van der Waals surface area (Å²) in [6.45, 7) is 5.66. The van der Waals surface area contributed by atoms with Crippen LogP contribution in [0.3, 0.4) is 0 Å². The zero-order chi connectivity index (χ0) is 23.7. The van der Waals surface area contributed by atoms with Gasteiger partial charge in [0.2, 0.25) is 0 Å². The lowest BCUT2D eigenvalue weighted by atomic mass is 10.1. The van der Waals surface area contributed by atoms with Crippen LogP contribution in [0.1, 0.15) is 42.5 Å². The molecule has 0 atom stereocenters. The summed E-state index contributed by atoms with van der Waals surface area (Å²) in [6.07, 6.45) is 0. The van der Waals surface area contributed by atoms with E-state index in [1.807, 2.05) is 35.4 Å². The summed E-state index contributed by atoms with van der Waals surface area (Å²) in [7, 11) is 0. The number of para-hydroxylation sites is 1. The molecule has 1 amide bonds. The summed E-state index contributed by atoms with van der Waals surface area (Å²) < 4.78 is 1.83. The van der Waals surface area contributed by atoms with Crippen molar-refractivity contribution in [1.82, 2.24) is 9.47 Å². The predicted octanol–water partition coefficient (Wildman–Crippen LogP) is 3.45. The number of carbonyl (C=O) groups excluding carboxylic acids is 1. The van der Waals surface area contributed by atoms with Gasteiger partial charge in [0, 0.05) is 43.1 Å². The molecule has 4 rings (SSSR count). The Morgan fingerprint density at radius 2 is 1.30 bits per heavy atom. The fourth-order valence-corrected chi connectivity index (χ4v) is 4.34. The number of aryl methyl sites for hydroxylation is 2. The van der Waals surface area contributed by atoms with E-state index >= 15 is 0 Å². The number of benzene rings is 2. The molecule has 0 aliphatic carbocycles. The second-order valence-electron chi connectivity index (χ2n) is 8.09. The smallest absolute Gasteiger partial charge is 0.337 e. The van der Waals surface area contributed by atoms with Crippen LogP contribution in [0.4, 0.5) is 5.69 Å². The van der Waals surface area contributed by atoms with Gasteiger partial charge in [-0.15, -0.1) is 0 Å². The SMILES string of the molecule is Cc1ccc(C)n1-c1cc(C(=O)N2CCN(c3ccccc3C(=O)O)CC2)ccc1C(=O)O. The Hall–Kier alpha value is -4.07. The van der Waals surface area contributed by atoms with Crippen LogP contribution >= 0.6 is 0 Å². The van der Waals surface area contributed by atoms with Crippen LogP contribution in [0.15, 0.2) is 54.6 Å². The molecule has 1 aromatic heterocycles. The number of amides is 1. The molecular formula is C25H25N3O5. The van der Waals surface area contributed by atoms with Crippen LogP contribution in [0, 0.1) is 13.8 Å². The topological polar surface area (TPSA) is 103 Å². The Kier molecular flexibility index (Phi) is 5.91. The van der Waals surface area contributed by atoms with Gasteiger partial charge in [-0.2, -0.15) is 0 Å². The molecule has 8 heteroatoms. The van der Waals surface area contributed by atoms with Crippen LogP contribution in [0.2, 0.25) is 0 Å². The lowest BCUT2D eigenvalue weighted by Crippen LogP contribution is -2.49. The fourth-order valence-electron chi connectivity index (χ4n) is 4.34. The van der Waals surface area contributed by atoms with Crippen molar-refractivity contribution in [2.24, 2.45) is 0 Å². The minimum Gasteiger partial charge on any atom is -0.478 e. The molecule has 0 saturated carbocycles. The maximum atomic E-state index is 13.2. The van der Waals surface area contributed by atoms with Crippen LogP contribution in [0.25, 0.3) is 5.69 Å². The lowest BCUT2D eigenvalue weighted by Gasteiger charge is -2.36. The molecule has 0 spiro atoms. The molecule has 0 unspecified atom stereocenters. The Bertz CT molecular complexity index is 1220. The fraction of sp³-hybridized carbons (Fsp3) is 0.240. The normalized spacial score (nSPS) is 13.8. The Labute approximate surface area is 191 Å². The second-order valence-corrected chi connectivity index (χ2v) is 8.09. The molecule has 0 radical (unpaired) electrons. The third kappa shape index (κ3) is 4.19. The molecule has 170 valence electrons. The molecule has 2 heterocycles. The van der Waals surface area contributed by atoms with Gasteiger partial charge in [-0.05, 0) is 56.3 Å². The second kappa shape index (κ2) is 8.82. The third-order valence-corrected chi connectivity index (χ3v) is 6.03. The van der Waals surface area contributed by atoms with Gasteiger partial charge in [0.05, 0.1) is 22.5 Å². The Balaban J connectivity index is 1.57. The largest absolute Gasteiger partial charge is 0.478 e. The van der Waals surface area contributed by atoms with Crippen molar-refractivity contribution >= 4 is 23.5 Å². The maximum absolute atomic E-state index is 13.2. The number of nitrogens with zero attached hydrogens (tertiary/aromatic N) is 3. The van der Waals surface area contributed by atoms with Crippen LogP contribution in [-0.2, 0) is 0 Å². The van der Waals surface area contributed by atoms with E-state index in [1.165, 1.54) is 6.07 Å². The third-order valence-electron chi connectivity index (χ3n) is 6.03. The van der Waals surface area contributed by atoms with Crippen LogP contribution < -0.4 is 4.90 Å². The van der Waals surface area contributed by atoms with E-state index in [0.29, 0.717) is 43.1 Å². The van der Waals surface area contributed by atoms with Crippen molar-refractivity contribution < 1.29 is 24.6 Å².